The molecule has 6 nitrogen and oxygen atoms in total. The number of thiazole rings is 1. The van der Waals surface area contributed by atoms with Crippen LogP contribution < -0.4 is 5.32 Å². The minimum Gasteiger partial charge on any atom is -0.379 e. The maximum Gasteiger partial charge on any atom is 0.220 e. The Morgan fingerprint density at radius 1 is 1.36 bits per heavy atom. The number of aromatic nitrogens is 2. The average molecular weight is 360 g/mol. The van der Waals surface area contributed by atoms with Crippen molar-refractivity contribution in [3.63, 3.8) is 0 Å². The van der Waals surface area contributed by atoms with Crippen molar-refractivity contribution < 1.29 is 9.53 Å². The Labute approximate surface area is 152 Å². The highest BCUT2D eigenvalue weighted by molar-refractivity contribution is 7.09. The number of carbonyl (C=O) groups excluding carboxylic acids is 1. The van der Waals surface area contributed by atoms with Crippen LogP contribution in [0.3, 0.4) is 0 Å². The first-order valence-corrected chi connectivity index (χ1v) is 9.56. The third kappa shape index (κ3) is 6.19. The fourth-order valence-electron chi connectivity index (χ4n) is 2.75. The molecule has 3 heterocycles. The molecule has 0 aromatic carbocycles. The number of nitrogens with one attached hydrogen (secondary N) is 1. The summed E-state index contributed by atoms with van der Waals surface area (Å²) in [6.07, 6.45) is 5.85. The molecule has 0 saturated carbocycles. The largest absolute Gasteiger partial charge is 0.379 e. The van der Waals surface area contributed by atoms with E-state index in [9.17, 15) is 4.79 Å². The summed E-state index contributed by atoms with van der Waals surface area (Å²) < 4.78 is 5.36. The van der Waals surface area contributed by atoms with Crippen molar-refractivity contribution in [2.24, 2.45) is 0 Å². The number of rotatable bonds is 8. The van der Waals surface area contributed by atoms with Crippen LogP contribution in [0.1, 0.15) is 29.1 Å². The predicted molar refractivity (Wildman–Crippen MR) is 97.2 cm³/mol. The molecule has 25 heavy (non-hydrogen) atoms. The number of morpholine rings is 1. The Kier molecular flexibility index (Phi) is 6.90. The highest BCUT2D eigenvalue weighted by atomic mass is 32.1. The van der Waals surface area contributed by atoms with Gasteiger partial charge in [-0.05, 0) is 24.5 Å². The normalized spacial score (nSPS) is 15.2. The first-order chi connectivity index (χ1) is 12.3. The van der Waals surface area contributed by atoms with Crippen LogP contribution >= 0.6 is 11.3 Å². The fraction of sp³-hybridized carbons (Fsp3) is 0.500. The zero-order valence-corrected chi connectivity index (χ0v) is 15.1. The van der Waals surface area contributed by atoms with Gasteiger partial charge in [-0.1, -0.05) is 6.07 Å². The molecule has 1 saturated heterocycles. The van der Waals surface area contributed by atoms with Crippen molar-refractivity contribution in [1.82, 2.24) is 20.2 Å². The summed E-state index contributed by atoms with van der Waals surface area (Å²) >= 11 is 1.61. The summed E-state index contributed by atoms with van der Waals surface area (Å²) in [5.74, 6) is 0.0776. The standard InChI is InChI=1S/C18H24N4O2S/c23-17(5-1-3-15-4-2-6-19-11-15)20-12-18-21-16(14-25-18)13-22-7-9-24-10-8-22/h2,4,6,11,14H,1,3,5,7-10,12-13H2,(H,20,23). The minimum atomic E-state index is 0.0776. The van der Waals surface area contributed by atoms with Crippen molar-refractivity contribution in [3.05, 3.63) is 46.2 Å². The minimum absolute atomic E-state index is 0.0776. The second-order valence-corrected chi connectivity index (χ2v) is 7.06. The van der Waals surface area contributed by atoms with Crippen LogP contribution in [0.25, 0.3) is 0 Å². The van der Waals surface area contributed by atoms with E-state index in [2.05, 4.69) is 25.6 Å². The molecule has 1 amide bonds. The van der Waals surface area contributed by atoms with Gasteiger partial charge in [0.2, 0.25) is 5.91 Å². The van der Waals surface area contributed by atoms with E-state index in [1.165, 1.54) is 5.56 Å². The topological polar surface area (TPSA) is 67.4 Å². The summed E-state index contributed by atoms with van der Waals surface area (Å²) in [6, 6.07) is 3.96. The molecule has 1 N–H and O–H groups in total. The lowest BCUT2D eigenvalue weighted by Crippen LogP contribution is -2.35. The number of pyridine rings is 1. The fourth-order valence-corrected chi connectivity index (χ4v) is 3.48. The summed E-state index contributed by atoms with van der Waals surface area (Å²) in [4.78, 5) is 23.0. The molecule has 0 aliphatic carbocycles. The zero-order valence-electron chi connectivity index (χ0n) is 14.3. The van der Waals surface area contributed by atoms with Crippen molar-refractivity contribution in [2.45, 2.75) is 32.4 Å². The van der Waals surface area contributed by atoms with Gasteiger partial charge in [-0.15, -0.1) is 11.3 Å². The Balaban J connectivity index is 1.34. The molecule has 0 spiro atoms. The van der Waals surface area contributed by atoms with Gasteiger partial charge in [0, 0.05) is 43.8 Å². The molecule has 7 heteroatoms. The van der Waals surface area contributed by atoms with Gasteiger partial charge in [-0.3, -0.25) is 14.7 Å². The third-order valence-corrected chi connectivity index (χ3v) is 5.02. The van der Waals surface area contributed by atoms with Gasteiger partial charge in [-0.2, -0.15) is 0 Å². The van der Waals surface area contributed by atoms with Gasteiger partial charge in [0.25, 0.3) is 0 Å². The predicted octanol–water partition coefficient (Wildman–Crippen LogP) is 2.01. The lowest BCUT2D eigenvalue weighted by molar-refractivity contribution is -0.121. The number of amides is 1. The molecule has 0 unspecified atom stereocenters. The average Bonchev–Trinajstić information content (AvgIpc) is 3.09. The third-order valence-electron chi connectivity index (χ3n) is 4.12. The smallest absolute Gasteiger partial charge is 0.220 e. The molecule has 0 radical (unpaired) electrons. The monoisotopic (exact) mass is 360 g/mol. The van der Waals surface area contributed by atoms with Crippen molar-refractivity contribution in [2.75, 3.05) is 26.3 Å². The molecule has 0 atom stereocenters. The molecular weight excluding hydrogens is 336 g/mol. The Morgan fingerprint density at radius 2 is 2.24 bits per heavy atom. The molecule has 2 aromatic heterocycles. The van der Waals surface area contributed by atoms with Gasteiger partial charge in [-0.25, -0.2) is 4.98 Å². The SMILES string of the molecule is O=C(CCCc1cccnc1)NCc1nc(CN2CCOCC2)cs1. The van der Waals surface area contributed by atoms with E-state index in [0.29, 0.717) is 13.0 Å². The second kappa shape index (κ2) is 9.60. The van der Waals surface area contributed by atoms with E-state index >= 15 is 0 Å². The van der Waals surface area contributed by atoms with E-state index in [4.69, 9.17) is 4.74 Å². The summed E-state index contributed by atoms with van der Waals surface area (Å²) in [7, 11) is 0. The lowest BCUT2D eigenvalue weighted by Gasteiger charge is -2.25. The van der Waals surface area contributed by atoms with Gasteiger partial charge in [0.1, 0.15) is 5.01 Å². The Morgan fingerprint density at radius 3 is 3.04 bits per heavy atom. The molecule has 2 aromatic rings. The first-order valence-electron chi connectivity index (χ1n) is 8.68. The molecule has 1 aliphatic rings. The maximum absolute atomic E-state index is 12.0. The van der Waals surface area contributed by atoms with E-state index in [-0.39, 0.29) is 5.91 Å². The van der Waals surface area contributed by atoms with Crippen LogP contribution in [-0.4, -0.2) is 47.1 Å². The number of ether oxygens (including phenoxy) is 1. The highest BCUT2D eigenvalue weighted by Crippen LogP contribution is 2.13. The second-order valence-electron chi connectivity index (χ2n) is 6.11. The van der Waals surface area contributed by atoms with Crippen LogP contribution in [0.2, 0.25) is 0 Å². The molecule has 1 fully saturated rings. The van der Waals surface area contributed by atoms with Crippen LogP contribution in [0, 0.1) is 0 Å². The van der Waals surface area contributed by atoms with Crippen molar-refractivity contribution in [1.29, 1.82) is 0 Å². The summed E-state index contributed by atoms with van der Waals surface area (Å²) in [5, 5.41) is 6.01. The summed E-state index contributed by atoms with van der Waals surface area (Å²) in [6.45, 7) is 4.89. The van der Waals surface area contributed by atoms with Crippen LogP contribution in [0.5, 0.6) is 0 Å². The van der Waals surface area contributed by atoms with E-state index in [1.807, 2.05) is 18.3 Å². The first kappa shape index (κ1) is 18.0. The molecule has 0 bridgehead atoms. The lowest BCUT2D eigenvalue weighted by atomic mass is 10.1. The van der Waals surface area contributed by atoms with Gasteiger partial charge < -0.3 is 10.1 Å². The Bertz CT molecular complexity index is 656. The van der Waals surface area contributed by atoms with E-state index in [1.54, 1.807) is 17.5 Å². The number of carbonyl (C=O) groups is 1. The number of nitrogens with zero attached hydrogens (tertiary/aromatic N) is 3. The van der Waals surface area contributed by atoms with Crippen LogP contribution in [-0.2, 0) is 29.0 Å². The maximum atomic E-state index is 12.0. The number of hydrogen-bond donors (Lipinski definition) is 1. The van der Waals surface area contributed by atoms with Gasteiger partial charge in [0.15, 0.2) is 0 Å². The number of hydrogen-bond acceptors (Lipinski definition) is 6. The zero-order chi connectivity index (χ0) is 17.3. The molecule has 3 rings (SSSR count). The number of aryl methyl sites for hydroxylation is 1. The highest BCUT2D eigenvalue weighted by Gasteiger charge is 2.12. The van der Waals surface area contributed by atoms with Crippen molar-refractivity contribution in [3.8, 4) is 0 Å². The quantitative estimate of drug-likeness (QED) is 0.780. The molecular formula is C18H24N4O2S. The van der Waals surface area contributed by atoms with E-state index < -0.39 is 0 Å². The molecule has 1 aliphatic heterocycles. The van der Waals surface area contributed by atoms with Crippen LogP contribution in [0.4, 0.5) is 0 Å². The summed E-state index contributed by atoms with van der Waals surface area (Å²) in [5.41, 5.74) is 2.25. The van der Waals surface area contributed by atoms with Crippen LogP contribution in [0.15, 0.2) is 29.9 Å². The Hall–Kier alpha value is -1.83. The molecule has 134 valence electrons. The van der Waals surface area contributed by atoms with Crippen molar-refractivity contribution >= 4 is 17.2 Å². The van der Waals surface area contributed by atoms with Gasteiger partial charge in [0.05, 0.1) is 25.5 Å². The van der Waals surface area contributed by atoms with E-state index in [0.717, 1.165) is 56.4 Å². The van der Waals surface area contributed by atoms with Gasteiger partial charge >= 0.3 is 0 Å².